The molecule has 2 heteroatoms. The van der Waals surface area contributed by atoms with Crippen LogP contribution in [0.15, 0.2) is 24.3 Å². The molecule has 1 aliphatic rings. The van der Waals surface area contributed by atoms with E-state index in [1.165, 1.54) is 24.8 Å². The first-order valence-electron chi connectivity index (χ1n) is 7.21. The molecule has 18 heavy (non-hydrogen) atoms. The molecule has 0 aliphatic carbocycles. The molecular formula is C16H24O2. The van der Waals surface area contributed by atoms with Crippen LogP contribution in [-0.2, 0) is 4.74 Å². The summed E-state index contributed by atoms with van der Waals surface area (Å²) < 4.78 is 11.4. The zero-order valence-electron chi connectivity index (χ0n) is 11.5. The normalized spacial score (nSPS) is 20.1. The van der Waals surface area contributed by atoms with E-state index in [1.54, 1.807) is 0 Å². The smallest absolute Gasteiger partial charge is 0.199 e. The second-order valence-electron chi connectivity index (χ2n) is 5.00. The number of rotatable bonds is 5. The summed E-state index contributed by atoms with van der Waals surface area (Å²) >= 11 is 0. The molecule has 1 aliphatic heterocycles. The van der Waals surface area contributed by atoms with Gasteiger partial charge in [-0.1, -0.05) is 26.0 Å². The van der Waals surface area contributed by atoms with Crippen LogP contribution in [0.25, 0.3) is 0 Å². The molecule has 1 fully saturated rings. The van der Waals surface area contributed by atoms with E-state index in [0.717, 1.165) is 25.2 Å². The zero-order chi connectivity index (χ0) is 12.8. The minimum atomic E-state index is -0.0438. The van der Waals surface area contributed by atoms with Gasteiger partial charge in [0.1, 0.15) is 5.75 Å². The summed E-state index contributed by atoms with van der Waals surface area (Å²) in [6.45, 7) is 5.32. The predicted octanol–water partition coefficient (Wildman–Crippen LogP) is 4.50. The van der Waals surface area contributed by atoms with Crippen LogP contribution in [0.1, 0.15) is 57.4 Å². The lowest BCUT2D eigenvalue weighted by Gasteiger charge is -2.23. The molecule has 0 amide bonds. The maximum Gasteiger partial charge on any atom is 0.199 e. The molecule has 1 atom stereocenters. The molecule has 1 aromatic rings. The molecule has 0 spiro atoms. The quantitative estimate of drug-likeness (QED) is 0.764. The van der Waals surface area contributed by atoms with Crippen molar-refractivity contribution in [2.75, 3.05) is 6.61 Å². The van der Waals surface area contributed by atoms with Crippen LogP contribution >= 0.6 is 0 Å². The lowest BCUT2D eigenvalue weighted by molar-refractivity contribution is -0.105. The van der Waals surface area contributed by atoms with E-state index >= 15 is 0 Å². The number of hydrogen-bond acceptors (Lipinski definition) is 2. The topological polar surface area (TPSA) is 18.5 Å². The Morgan fingerprint density at radius 2 is 1.89 bits per heavy atom. The summed E-state index contributed by atoms with van der Waals surface area (Å²) in [5, 5.41) is 0. The molecule has 0 aromatic heterocycles. The van der Waals surface area contributed by atoms with Gasteiger partial charge < -0.3 is 9.47 Å². The van der Waals surface area contributed by atoms with E-state index in [-0.39, 0.29) is 6.29 Å². The van der Waals surface area contributed by atoms with Gasteiger partial charge in [0.2, 0.25) is 0 Å². The minimum Gasteiger partial charge on any atom is -0.465 e. The molecule has 100 valence electrons. The van der Waals surface area contributed by atoms with E-state index in [2.05, 4.69) is 38.1 Å². The Bertz CT molecular complexity index is 335. The second-order valence-corrected chi connectivity index (χ2v) is 5.00. The Morgan fingerprint density at radius 1 is 1.17 bits per heavy atom. The summed E-state index contributed by atoms with van der Waals surface area (Å²) in [5.74, 6) is 1.60. The Kier molecular flexibility index (Phi) is 5.06. The molecule has 0 N–H and O–H groups in total. The first kappa shape index (κ1) is 13.4. The van der Waals surface area contributed by atoms with Crippen molar-refractivity contribution in [2.45, 2.75) is 58.2 Å². The second kappa shape index (κ2) is 6.79. The monoisotopic (exact) mass is 248 g/mol. The van der Waals surface area contributed by atoms with E-state index in [4.69, 9.17) is 9.47 Å². The highest BCUT2D eigenvalue weighted by Crippen LogP contribution is 2.26. The average Bonchev–Trinajstić information content (AvgIpc) is 2.43. The largest absolute Gasteiger partial charge is 0.465 e. The Labute approximate surface area is 110 Å². The van der Waals surface area contributed by atoms with Gasteiger partial charge in [-0.2, -0.15) is 0 Å². The van der Waals surface area contributed by atoms with Gasteiger partial charge in [0.15, 0.2) is 6.29 Å². The van der Waals surface area contributed by atoms with Crippen LogP contribution in [0, 0.1) is 0 Å². The molecule has 2 rings (SSSR count). The van der Waals surface area contributed by atoms with Gasteiger partial charge in [-0.3, -0.25) is 0 Å². The minimum absolute atomic E-state index is 0.0438. The molecule has 0 bridgehead atoms. The molecule has 1 unspecified atom stereocenters. The Hall–Kier alpha value is -1.02. The fraction of sp³-hybridized carbons (Fsp3) is 0.625. The standard InChI is InChI=1S/C16H24O2/c1-3-13(4-2)14-8-10-15(11-9-14)18-16-7-5-6-12-17-16/h8-11,13,16H,3-7,12H2,1-2H3. The summed E-state index contributed by atoms with van der Waals surface area (Å²) in [4.78, 5) is 0. The molecular weight excluding hydrogens is 224 g/mol. The van der Waals surface area contributed by atoms with Gasteiger partial charge >= 0.3 is 0 Å². The van der Waals surface area contributed by atoms with Crippen LogP contribution in [0.2, 0.25) is 0 Å². The Morgan fingerprint density at radius 3 is 2.44 bits per heavy atom. The van der Waals surface area contributed by atoms with Crippen molar-refractivity contribution < 1.29 is 9.47 Å². The van der Waals surface area contributed by atoms with Crippen molar-refractivity contribution in [3.63, 3.8) is 0 Å². The van der Waals surface area contributed by atoms with Crippen molar-refractivity contribution in [3.8, 4) is 5.75 Å². The average molecular weight is 248 g/mol. The Balaban J connectivity index is 1.94. The molecule has 0 radical (unpaired) electrons. The van der Waals surface area contributed by atoms with Crippen molar-refractivity contribution in [3.05, 3.63) is 29.8 Å². The zero-order valence-corrected chi connectivity index (χ0v) is 11.5. The summed E-state index contributed by atoms with van der Waals surface area (Å²) in [6.07, 6.45) is 5.72. The van der Waals surface area contributed by atoms with Crippen LogP contribution in [0.3, 0.4) is 0 Å². The highest BCUT2D eigenvalue weighted by molar-refractivity contribution is 5.29. The SMILES string of the molecule is CCC(CC)c1ccc(OC2CCCCO2)cc1. The van der Waals surface area contributed by atoms with Crippen LogP contribution in [-0.4, -0.2) is 12.9 Å². The van der Waals surface area contributed by atoms with Crippen molar-refractivity contribution in [1.29, 1.82) is 0 Å². The summed E-state index contributed by atoms with van der Waals surface area (Å²) in [6, 6.07) is 8.53. The molecule has 1 heterocycles. The third kappa shape index (κ3) is 3.49. The maximum atomic E-state index is 5.84. The third-order valence-electron chi connectivity index (χ3n) is 3.74. The fourth-order valence-corrected chi connectivity index (χ4v) is 2.53. The number of hydrogen-bond donors (Lipinski definition) is 0. The number of benzene rings is 1. The van der Waals surface area contributed by atoms with Gasteiger partial charge in [-0.25, -0.2) is 0 Å². The first-order valence-corrected chi connectivity index (χ1v) is 7.21. The number of ether oxygens (including phenoxy) is 2. The van der Waals surface area contributed by atoms with Gasteiger partial charge in [0.05, 0.1) is 6.61 Å². The van der Waals surface area contributed by atoms with Gasteiger partial charge in [0.25, 0.3) is 0 Å². The molecule has 2 nitrogen and oxygen atoms in total. The van der Waals surface area contributed by atoms with E-state index < -0.39 is 0 Å². The molecule has 1 saturated heterocycles. The van der Waals surface area contributed by atoms with Crippen LogP contribution < -0.4 is 4.74 Å². The van der Waals surface area contributed by atoms with Crippen LogP contribution in [0.5, 0.6) is 5.75 Å². The van der Waals surface area contributed by atoms with E-state index in [9.17, 15) is 0 Å². The van der Waals surface area contributed by atoms with Crippen LogP contribution in [0.4, 0.5) is 0 Å². The predicted molar refractivity (Wildman–Crippen MR) is 74.0 cm³/mol. The highest BCUT2D eigenvalue weighted by atomic mass is 16.7. The van der Waals surface area contributed by atoms with Crippen molar-refractivity contribution in [2.24, 2.45) is 0 Å². The summed E-state index contributed by atoms with van der Waals surface area (Å²) in [5.41, 5.74) is 1.41. The lowest BCUT2D eigenvalue weighted by atomic mass is 9.94. The first-order chi connectivity index (χ1) is 8.83. The van der Waals surface area contributed by atoms with Gasteiger partial charge in [-0.05, 0) is 49.3 Å². The van der Waals surface area contributed by atoms with Crippen molar-refractivity contribution in [1.82, 2.24) is 0 Å². The molecule has 0 saturated carbocycles. The van der Waals surface area contributed by atoms with Gasteiger partial charge in [-0.15, -0.1) is 0 Å². The van der Waals surface area contributed by atoms with E-state index in [1.807, 2.05) is 0 Å². The van der Waals surface area contributed by atoms with Crippen molar-refractivity contribution >= 4 is 0 Å². The summed E-state index contributed by atoms with van der Waals surface area (Å²) in [7, 11) is 0. The van der Waals surface area contributed by atoms with E-state index in [0.29, 0.717) is 5.92 Å². The van der Waals surface area contributed by atoms with Gasteiger partial charge in [0, 0.05) is 6.42 Å². The maximum absolute atomic E-state index is 5.84. The highest BCUT2D eigenvalue weighted by Gasteiger charge is 2.15. The fourth-order valence-electron chi connectivity index (χ4n) is 2.53. The lowest BCUT2D eigenvalue weighted by Crippen LogP contribution is -2.24. The third-order valence-corrected chi connectivity index (χ3v) is 3.74. The molecule has 1 aromatic carbocycles.